The zero-order chi connectivity index (χ0) is 10.9. The Bertz CT molecular complexity index is 207. The van der Waals surface area contributed by atoms with E-state index in [4.69, 9.17) is 5.73 Å². The van der Waals surface area contributed by atoms with Crippen molar-refractivity contribution in [3.8, 4) is 0 Å². The van der Waals surface area contributed by atoms with Gasteiger partial charge >= 0.3 is 0 Å². The first-order valence-electron chi connectivity index (χ1n) is 5.18. The molecule has 1 rings (SSSR count). The van der Waals surface area contributed by atoms with Crippen LogP contribution in [-0.2, 0) is 4.79 Å². The molecular weight excluding hydrogens is 178 g/mol. The van der Waals surface area contributed by atoms with Crippen molar-refractivity contribution in [3.05, 3.63) is 0 Å². The van der Waals surface area contributed by atoms with E-state index in [9.17, 15) is 4.79 Å². The second-order valence-electron chi connectivity index (χ2n) is 4.40. The average molecular weight is 199 g/mol. The molecule has 82 valence electrons. The van der Waals surface area contributed by atoms with E-state index in [2.05, 4.69) is 30.7 Å². The molecule has 0 aromatic heterocycles. The SMILES string of the molecule is CC(C(N)=O)N1CC(C)N(C)C(C)C1. The number of amides is 1. The molecule has 3 unspecified atom stereocenters. The first kappa shape index (κ1) is 11.5. The van der Waals surface area contributed by atoms with Crippen LogP contribution in [0.1, 0.15) is 20.8 Å². The minimum atomic E-state index is -0.228. The van der Waals surface area contributed by atoms with Gasteiger partial charge in [0.2, 0.25) is 5.91 Å². The maximum atomic E-state index is 11.1. The molecule has 14 heavy (non-hydrogen) atoms. The van der Waals surface area contributed by atoms with Crippen LogP contribution in [-0.4, -0.2) is 54.0 Å². The Labute approximate surface area is 86.0 Å². The molecule has 0 aromatic rings. The van der Waals surface area contributed by atoms with Gasteiger partial charge in [-0.15, -0.1) is 0 Å². The molecule has 0 bridgehead atoms. The summed E-state index contributed by atoms with van der Waals surface area (Å²) < 4.78 is 0. The number of piperazine rings is 1. The summed E-state index contributed by atoms with van der Waals surface area (Å²) in [5.74, 6) is -0.228. The highest BCUT2D eigenvalue weighted by Gasteiger charge is 2.30. The lowest BCUT2D eigenvalue weighted by molar-refractivity contribution is -0.124. The molecule has 2 N–H and O–H groups in total. The fourth-order valence-electron chi connectivity index (χ4n) is 1.94. The highest BCUT2D eigenvalue weighted by molar-refractivity contribution is 5.79. The lowest BCUT2D eigenvalue weighted by Crippen LogP contribution is -2.59. The third-order valence-electron chi connectivity index (χ3n) is 3.35. The van der Waals surface area contributed by atoms with Crippen LogP contribution in [0.2, 0.25) is 0 Å². The summed E-state index contributed by atoms with van der Waals surface area (Å²) in [6, 6.07) is 0.828. The van der Waals surface area contributed by atoms with Crippen LogP contribution >= 0.6 is 0 Å². The Balaban J connectivity index is 2.62. The second-order valence-corrected chi connectivity index (χ2v) is 4.40. The summed E-state index contributed by atoms with van der Waals surface area (Å²) in [6.45, 7) is 8.08. The standard InChI is InChI=1S/C10H21N3O/c1-7-5-13(9(3)10(11)14)6-8(2)12(7)4/h7-9H,5-6H2,1-4H3,(H2,11,14). The number of hydrogen-bond donors (Lipinski definition) is 1. The van der Waals surface area contributed by atoms with Gasteiger partial charge in [0.1, 0.15) is 0 Å². The zero-order valence-electron chi connectivity index (χ0n) is 9.53. The topological polar surface area (TPSA) is 49.6 Å². The summed E-state index contributed by atoms with van der Waals surface area (Å²) in [5, 5.41) is 0. The fraction of sp³-hybridized carbons (Fsp3) is 0.900. The second kappa shape index (κ2) is 4.28. The van der Waals surface area contributed by atoms with Crippen molar-refractivity contribution in [1.29, 1.82) is 0 Å². The molecule has 4 heteroatoms. The molecule has 1 aliphatic rings. The van der Waals surface area contributed by atoms with Gasteiger partial charge in [-0.3, -0.25) is 14.6 Å². The van der Waals surface area contributed by atoms with Crippen molar-refractivity contribution in [2.45, 2.75) is 38.9 Å². The van der Waals surface area contributed by atoms with Gasteiger partial charge in [-0.05, 0) is 27.8 Å². The molecule has 1 aliphatic heterocycles. The van der Waals surface area contributed by atoms with Crippen molar-refractivity contribution < 1.29 is 4.79 Å². The number of rotatable bonds is 2. The van der Waals surface area contributed by atoms with Gasteiger partial charge in [0.15, 0.2) is 0 Å². The number of nitrogens with zero attached hydrogens (tertiary/aromatic N) is 2. The maximum absolute atomic E-state index is 11.1. The van der Waals surface area contributed by atoms with Gasteiger partial charge in [0.05, 0.1) is 6.04 Å². The molecule has 1 amide bonds. The molecule has 1 saturated heterocycles. The predicted molar refractivity (Wildman–Crippen MR) is 56.9 cm³/mol. The lowest BCUT2D eigenvalue weighted by atomic mass is 10.1. The predicted octanol–water partition coefficient (Wildman–Crippen LogP) is -0.115. The third kappa shape index (κ3) is 2.25. The summed E-state index contributed by atoms with van der Waals surface area (Å²) in [5.41, 5.74) is 5.30. The normalized spacial score (nSPS) is 32.9. The van der Waals surface area contributed by atoms with Crippen molar-refractivity contribution in [2.24, 2.45) is 5.73 Å². The van der Waals surface area contributed by atoms with Crippen LogP contribution in [0.3, 0.4) is 0 Å². The van der Waals surface area contributed by atoms with Crippen molar-refractivity contribution in [1.82, 2.24) is 9.80 Å². The first-order chi connectivity index (χ1) is 6.43. The largest absolute Gasteiger partial charge is 0.368 e. The minimum Gasteiger partial charge on any atom is -0.368 e. The van der Waals surface area contributed by atoms with Crippen LogP contribution in [0, 0.1) is 0 Å². The van der Waals surface area contributed by atoms with Crippen molar-refractivity contribution in [2.75, 3.05) is 20.1 Å². The third-order valence-corrected chi connectivity index (χ3v) is 3.35. The van der Waals surface area contributed by atoms with E-state index in [1.54, 1.807) is 0 Å². The summed E-state index contributed by atoms with van der Waals surface area (Å²) in [7, 11) is 2.13. The van der Waals surface area contributed by atoms with Gasteiger partial charge in [0.25, 0.3) is 0 Å². The van der Waals surface area contributed by atoms with Crippen LogP contribution in [0.15, 0.2) is 0 Å². The Kier molecular flexibility index (Phi) is 3.50. The highest BCUT2D eigenvalue weighted by Crippen LogP contribution is 2.15. The van der Waals surface area contributed by atoms with E-state index in [0.29, 0.717) is 12.1 Å². The summed E-state index contributed by atoms with van der Waals surface area (Å²) >= 11 is 0. The van der Waals surface area contributed by atoms with Crippen LogP contribution < -0.4 is 5.73 Å². The number of likely N-dealkylation sites (N-methyl/N-ethyl adjacent to an activating group) is 1. The number of hydrogen-bond acceptors (Lipinski definition) is 3. The monoisotopic (exact) mass is 199 g/mol. The Hall–Kier alpha value is -0.610. The molecule has 3 atom stereocenters. The lowest BCUT2D eigenvalue weighted by Gasteiger charge is -2.44. The number of nitrogens with two attached hydrogens (primary N) is 1. The molecule has 0 aromatic carbocycles. The average Bonchev–Trinajstić information content (AvgIpc) is 2.12. The smallest absolute Gasteiger partial charge is 0.234 e. The Morgan fingerprint density at radius 1 is 1.36 bits per heavy atom. The van der Waals surface area contributed by atoms with Gasteiger partial charge < -0.3 is 5.73 Å². The van der Waals surface area contributed by atoms with Gasteiger partial charge in [-0.25, -0.2) is 0 Å². The fourth-order valence-corrected chi connectivity index (χ4v) is 1.94. The molecule has 0 aliphatic carbocycles. The van der Waals surface area contributed by atoms with Crippen LogP contribution in [0.25, 0.3) is 0 Å². The quantitative estimate of drug-likeness (QED) is 0.675. The van der Waals surface area contributed by atoms with Crippen molar-refractivity contribution in [3.63, 3.8) is 0 Å². The maximum Gasteiger partial charge on any atom is 0.234 e. The van der Waals surface area contributed by atoms with Gasteiger partial charge in [-0.2, -0.15) is 0 Å². The Morgan fingerprint density at radius 2 is 1.79 bits per heavy atom. The molecular formula is C10H21N3O. The molecule has 0 spiro atoms. The van der Waals surface area contributed by atoms with E-state index < -0.39 is 0 Å². The Morgan fingerprint density at radius 3 is 2.14 bits per heavy atom. The summed E-state index contributed by atoms with van der Waals surface area (Å²) in [6.07, 6.45) is 0. The first-order valence-corrected chi connectivity index (χ1v) is 5.18. The minimum absolute atomic E-state index is 0.145. The zero-order valence-corrected chi connectivity index (χ0v) is 9.53. The van der Waals surface area contributed by atoms with Crippen LogP contribution in [0.4, 0.5) is 0 Å². The number of carbonyl (C=O) groups excluding carboxylic acids is 1. The van der Waals surface area contributed by atoms with Gasteiger partial charge in [-0.1, -0.05) is 0 Å². The highest BCUT2D eigenvalue weighted by atomic mass is 16.1. The van der Waals surface area contributed by atoms with Crippen LogP contribution in [0.5, 0.6) is 0 Å². The molecule has 1 heterocycles. The number of primary amides is 1. The molecule has 0 saturated carbocycles. The van der Waals surface area contributed by atoms with E-state index in [1.807, 2.05) is 6.92 Å². The van der Waals surface area contributed by atoms with E-state index in [-0.39, 0.29) is 11.9 Å². The molecule has 4 nitrogen and oxygen atoms in total. The van der Waals surface area contributed by atoms with E-state index >= 15 is 0 Å². The summed E-state index contributed by atoms with van der Waals surface area (Å²) in [4.78, 5) is 15.6. The molecule has 0 radical (unpaired) electrons. The van der Waals surface area contributed by atoms with E-state index in [0.717, 1.165) is 13.1 Å². The van der Waals surface area contributed by atoms with Crippen molar-refractivity contribution >= 4 is 5.91 Å². The number of carbonyl (C=O) groups is 1. The van der Waals surface area contributed by atoms with E-state index in [1.165, 1.54) is 0 Å². The van der Waals surface area contributed by atoms with Gasteiger partial charge in [0, 0.05) is 25.2 Å². The molecule has 1 fully saturated rings.